The van der Waals surface area contributed by atoms with Crippen molar-refractivity contribution in [1.82, 2.24) is 4.31 Å². The first-order chi connectivity index (χ1) is 14.9. The van der Waals surface area contributed by atoms with Gasteiger partial charge in [0.2, 0.25) is 10.0 Å². The van der Waals surface area contributed by atoms with Crippen molar-refractivity contribution in [3.05, 3.63) is 72.3 Å². The number of carboxylic acid groups (broad SMARTS) is 1. The van der Waals surface area contributed by atoms with Gasteiger partial charge in [-0.15, -0.1) is 0 Å². The molecule has 0 radical (unpaired) electrons. The first kappa shape index (κ1) is 21.7. The number of nitrogens with zero attached hydrogens (tertiary/aromatic N) is 1. The predicted molar refractivity (Wildman–Crippen MR) is 122 cm³/mol. The molecule has 3 aromatic rings. The van der Waals surface area contributed by atoms with Gasteiger partial charge in [-0.25, -0.2) is 8.42 Å². The Hall–Kier alpha value is -2.55. The molecule has 1 N–H and O–H groups in total. The third kappa shape index (κ3) is 4.56. The van der Waals surface area contributed by atoms with Crippen LogP contribution in [0.25, 0.3) is 10.8 Å². The first-order valence-corrected chi connectivity index (χ1v) is 12.4. The average Bonchev–Trinajstić information content (AvgIpc) is 3.23. The van der Waals surface area contributed by atoms with Crippen LogP contribution in [0.5, 0.6) is 5.75 Å². The molecule has 0 amide bonds. The van der Waals surface area contributed by atoms with Gasteiger partial charge < -0.3 is 9.84 Å². The van der Waals surface area contributed by atoms with E-state index < -0.39 is 22.0 Å². The summed E-state index contributed by atoms with van der Waals surface area (Å²) in [7, 11) is -2.32. The highest BCUT2D eigenvalue weighted by Gasteiger charge is 2.44. The van der Waals surface area contributed by atoms with E-state index in [2.05, 4.69) is 0 Å². The zero-order chi connectivity index (χ0) is 22.0. The second-order valence-corrected chi connectivity index (χ2v) is 10.6. The first-order valence-electron chi connectivity index (χ1n) is 9.86. The number of ether oxygens (including phenoxy) is 1. The molecule has 1 aliphatic rings. The van der Waals surface area contributed by atoms with Crippen LogP contribution in [0.3, 0.4) is 0 Å². The summed E-state index contributed by atoms with van der Waals surface area (Å²) < 4.78 is 33.0. The maximum Gasteiger partial charge on any atom is 0.322 e. The normalized spacial score (nSPS) is 19.5. The third-order valence-corrected chi connectivity index (χ3v) is 8.66. The molecule has 0 bridgehead atoms. The van der Waals surface area contributed by atoms with Gasteiger partial charge in [0.25, 0.3) is 0 Å². The van der Waals surface area contributed by atoms with Crippen LogP contribution in [-0.4, -0.2) is 48.7 Å². The number of carbonyl (C=O) groups is 1. The van der Waals surface area contributed by atoms with E-state index in [1.807, 2.05) is 48.5 Å². The smallest absolute Gasteiger partial charge is 0.322 e. The van der Waals surface area contributed by atoms with Crippen LogP contribution in [0, 0.1) is 0 Å². The van der Waals surface area contributed by atoms with Crippen LogP contribution < -0.4 is 4.74 Å². The van der Waals surface area contributed by atoms with Crippen molar-refractivity contribution in [1.29, 1.82) is 0 Å². The lowest BCUT2D eigenvalue weighted by molar-refractivity contribution is -0.140. The van der Waals surface area contributed by atoms with Gasteiger partial charge >= 0.3 is 5.97 Å². The van der Waals surface area contributed by atoms with E-state index >= 15 is 0 Å². The summed E-state index contributed by atoms with van der Waals surface area (Å²) in [4.78, 5) is 12.0. The van der Waals surface area contributed by atoms with Crippen molar-refractivity contribution in [2.24, 2.45) is 0 Å². The van der Waals surface area contributed by atoms with E-state index in [0.29, 0.717) is 5.75 Å². The van der Waals surface area contributed by atoms with Crippen LogP contribution >= 0.6 is 11.8 Å². The van der Waals surface area contributed by atoms with E-state index in [1.165, 1.54) is 0 Å². The number of rotatable bonds is 7. The van der Waals surface area contributed by atoms with Crippen LogP contribution in [0.15, 0.2) is 71.6 Å². The van der Waals surface area contributed by atoms with Gasteiger partial charge in [0.05, 0.1) is 12.0 Å². The molecule has 2 atom stereocenters. The van der Waals surface area contributed by atoms with E-state index in [9.17, 15) is 18.3 Å². The second-order valence-electron chi connectivity index (χ2n) is 7.45. The van der Waals surface area contributed by atoms with Gasteiger partial charge in [0.15, 0.2) is 0 Å². The molecule has 8 heteroatoms. The maximum atomic E-state index is 13.3. The Balaban J connectivity index is 1.53. The Morgan fingerprint density at radius 2 is 1.81 bits per heavy atom. The average molecular weight is 458 g/mol. The topological polar surface area (TPSA) is 83.9 Å². The summed E-state index contributed by atoms with van der Waals surface area (Å²) >= 11 is 1.58. The van der Waals surface area contributed by atoms with Crippen LogP contribution in [0.1, 0.15) is 12.0 Å². The van der Waals surface area contributed by atoms with Crippen LogP contribution in [0.2, 0.25) is 0 Å². The Morgan fingerprint density at radius 1 is 1.10 bits per heavy atom. The molecule has 0 unspecified atom stereocenters. The molecule has 0 saturated carbocycles. The van der Waals surface area contributed by atoms with Crippen molar-refractivity contribution in [3.63, 3.8) is 0 Å². The Labute approximate surface area is 185 Å². The lowest BCUT2D eigenvalue weighted by Crippen LogP contribution is -2.40. The molecule has 0 spiro atoms. The summed E-state index contributed by atoms with van der Waals surface area (Å²) in [5, 5.41) is 11.3. The van der Waals surface area contributed by atoms with Crippen molar-refractivity contribution >= 4 is 38.5 Å². The summed E-state index contributed by atoms with van der Waals surface area (Å²) in [6.07, 6.45) is 0.281. The van der Waals surface area contributed by atoms with Gasteiger partial charge in [-0.3, -0.25) is 4.79 Å². The minimum Gasteiger partial charge on any atom is -0.497 e. The molecule has 3 aromatic carbocycles. The minimum atomic E-state index is -3.93. The SMILES string of the molecule is COc1ccc(CS[C@@H]2C[C@@H](C(=O)O)N(S(=O)(=O)c3ccc4ccccc4c3)C2)cc1. The number of aliphatic carboxylic acids is 1. The fourth-order valence-corrected chi connectivity index (χ4v) is 6.75. The molecular weight excluding hydrogens is 434 g/mol. The van der Waals surface area contributed by atoms with Crippen LogP contribution in [0.4, 0.5) is 0 Å². The van der Waals surface area contributed by atoms with Gasteiger partial charge in [0.1, 0.15) is 11.8 Å². The standard InChI is InChI=1S/C23H23NO5S2/c1-29-19-9-6-16(7-10-19)15-30-20-13-22(23(25)26)24(14-20)31(27,28)21-11-8-17-4-2-3-5-18(17)12-21/h2-12,20,22H,13-15H2,1H3,(H,25,26)/t20-,22+/m1/s1. The molecule has 6 nitrogen and oxygen atoms in total. The Morgan fingerprint density at radius 3 is 2.48 bits per heavy atom. The van der Waals surface area contributed by atoms with Crippen molar-refractivity contribution in [2.75, 3.05) is 13.7 Å². The van der Waals surface area contributed by atoms with E-state index in [1.54, 1.807) is 37.1 Å². The van der Waals surface area contributed by atoms with E-state index in [4.69, 9.17) is 4.74 Å². The molecule has 1 heterocycles. The van der Waals surface area contributed by atoms with Crippen molar-refractivity contribution in [2.45, 2.75) is 28.4 Å². The Kier molecular flexibility index (Phi) is 6.22. The number of benzene rings is 3. The van der Waals surface area contributed by atoms with Crippen molar-refractivity contribution in [3.8, 4) is 5.75 Å². The van der Waals surface area contributed by atoms with Gasteiger partial charge in [-0.2, -0.15) is 16.1 Å². The number of thioether (sulfide) groups is 1. The summed E-state index contributed by atoms with van der Waals surface area (Å²) in [5.41, 5.74) is 1.08. The number of fused-ring (bicyclic) bond motifs is 1. The lowest BCUT2D eigenvalue weighted by atomic mass is 10.1. The predicted octanol–water partition coefficient (Wildman–Crippen LogP) is 4.00. The lowest BCUT2D eigenvalue weighted by Gasteiger charge is -2.21. The summed E-state index contributed by atoms with van der Waals surface area (Å²) in [5.74, 6) is 0.329. The molecule has 1 fully saturated rings. The largest absolute Gasteiger partial charge is 0.497 e. The molecule has 1 aliphatic heterocycles. The monoisotopic (exact) mass is 457 g/mol. The van der Waals surface area contributed by atoms with E-state index in [-0.39, 0.29) is 23.1 Å². The third-order valence-electron chi connectivity index (χ3n) is 5.47. The molecule has 1 saturated heterocycles. The number of carboxylic acids is 1. The van der Waals surface area contributed by atoms with Gasteiger partial charge in [-0.1, -0.05) is 42.5 Å². The summed E-state index contributed by atoms with van der Waals surface area (Å²) in [6.45, 7) is 0.174. The fourth-order valence-electron chi connectivity index (χ4n) is 3.78. The van der Waals surface area contributed by atoms with Crippen LogP contribution in [-0.2, 0) is 20.6 Å². The van der Waals surface area contributed by atoms with Gasteiger partial charge in [-0.05, 0) is 47.0 Å². The number of hydrogen-bond acceptors (Lipinski definition) is 5. The van der Waals surface area contributed by atoms with E-state index in [0.717, 1.165) is 26.4 Å². The number of methoxy groups -OCH3 is 1. The molecule has 0 aliphatic carbocycles. The second kappa shape index (κ2) is 8.90. The highest BCUT2D eigenvalue weighted by molar-refractivity contribution is 7.99. The number of sulfonamides is 1. The minimum absolute atomic E-state index is 0.0987. The molecule has 4 rings (SSSR count). The summed E-state index contributed by atoms with van der Waals surface area (Å²) in [6, 6.07) is 19.0. The van der Waals surface area contributed by atoms with Gasteiger partial charge in [0, 0.05) is 17.5 Å². The van der Waals surface area contributed by atoms with Crippen molar-refractivity contribution < 1.29 is 23.1 Å². The Bertz CT molecular complexity index is 1190. The fraction of sp³-hybridized carbons (Fsp3) is 0.261. The zero-order valence-corrected chi connectivity index (χ0v) is 18.6. The highest BCUT2D eigenvalue weighted by atomic mass is 32.2. The quantitative estimate of drug-likeness (QED) is 0.577. The maximum absolute atomic E-state index is 13.3. The zero-order valence-electron chi connectivity index (χ0n) is 17.0. The molecular formula is C23H23NO5S2. The molecule has 162 valence electrons. The highest BCUT2D eigenvalue weighted by Crippen LogP contribution is 2.34. The number of hydrogen-bond donors (Lipinski definition) is 1. The molecule has 31 heavy (non-hydrogen) atoms. The molecule has 0 aromatic heterocycles.